The van der Waals surface area contributed by atoms with Crippen molar-refractivity contribution in [1.82, 2.24) is 4.90 Å². The summed E-state index contributed by atoms with van der Waals surface area (Å²) in [6.45, 7) is -0.598. The molecule has 0 aliphatic heterocycles. The Labute approximate surface area is 92.8 Å². The number of benzene rings is 1. The van der Waals surface area contributed by atoms with Gasteiger partial charge in [-0.05, 0) is 5.56 Å². The third kappa shape index (κ3) is 3.27. The molecule has 1 rings (SSSR count). The second-order valence-corrected chi connectivity index (χ2v) is 3.50. The fourth-order valence-electron chi connectivity index (χ4n) is 1.34. The maximum absolute atomic E-state index is 12.1. The monoisotopic (exact) mass is 228 g/mol. The number of carbonyl (C=O) groups excluding carboxylic acids is 1. The van der Waals surface area contributed by atoms with Crippen molar-refractivity contribution in [2.45, 2.75) is 12.5 Å². The molecule has 1 amide bonds. The molecular weight excluding hydrogens is 214 g/mol. The summed E-state index contributed by atoms with van der Waals surface area (Å²) in [5, 5.41) is 0. The quantitative estimate of drug-likeness (QED) is 0.847. The van der Waals surface area contributed by atoms with E-state index in [0.29, 0.717) is 5.56 Å². The van der Waals surface area contributed by atoms with E-state index in [4.69, 9.17) is 5.73 Å². The van der Waals surface area contributed by atoms with Crippen molar-refractivity contribution in [1.29, 1.82) is 0 Å². The summed E-state index contributed by atoms with van der Waals surface area (Å²) in [6.07, 6.45) is -2.54. The van der Waals surface area contributed by atoms with Gasteiger partial charge in [-0.3, -0.25) is 4.79 Å². The van der Waals surface area contributed by atoms with Crippen molar-refractivity contribution in [3.63, 3.8) is 0 Å². The summed E-state index contributed by atoms with van der Waals surface area (Å²) in [5.41, 5.74) is 6.30. The molecule has 5 heteroatoms. The van der Waals surface area contributed by atoms with Gasteiger partial charge in [-0.25, -0.2) is 8.78 Å². The van der Waals surface area contributed by atoms with Gasteiger partial charge in [0.05, 0.1) is 6.54 Å². The minimum atomic E-state index is -2.54. The molecule has 0 aromatic heterocycles. The molecule has 2 N–H and O–H groups in total. The molecule has 0 aliphatic carbocycles. The molecule has 0 bridgehead atoms. The number of hydrogen-bond acceptors (Lipinski definition) is 2. The Balaban J connectivity index is 2.67. The summed E-state index contributed by atoms with van der Waals surface area (Å²) in [7, 11) is 1.32. The van der Waals surface area contributed by atoms with Gasteiger partial charge in [0, 0.05) is 7.05 Å². The molecular formula is C11H14F2N2O. The second-order valence-electron chi connectivity index (χ2n) is 3.50. The Hall–Kier alpha value is -1.49. The lowest BCUT2D eigenvalue weighted by Crippen LogP contribution is -2.38. The van der Waals surface area contributed by atoms with Crippen molar-refractivity contribution in [2.75, 3.05) is 13.6 Å². The van der Waals surface area contributed by atoms with Crippen molar-refractivity contribution in [2.24, 2.45) is 5.73 Å². The molecule has 0 aliphatic rings. The van der Waals surface area contributed by atoms with Gasteiger partial charge in [0.15, 0.2) is 0 Å². The van der Waals surface area contributed by atoms with E-state index in [0.717, 1.165) is 4.90 Å². The molecule has 1 atom stereocenters. The first-order valence-electron chi connectivity index (χ1n) is 4.86. The molecule has 0 spiro atoms. The highest BCUT2D eigenvalue weighted by molar-refractivity contribution is 5.82. The highest BCUT2D eigenvalue weighted by Gasteiger charge is 2.21. The number of amides is 1. The maximum Gasteiger partial charge on any atom is 0.255 e. The van der Waals surface area contributed by atoms with Gasteiger partial charge in [-0.2, -0.15) is 0 Å². The highest BCUT2D eigenvalue weighted by atomic mass is 19.3. The zero-order valence-corrected chi connectivity index (χ0v) is 8.94. The third-order valence-electron chi connectivity index (χ3n) is 2.21. The average molecular weight is 228 g/mol. The SMILES string of the molecule is CN(CC(F)F)C(=O)[C@@H](N)c1ccccc1. The fraction of sp³-hybridized carbons (Fsp3) is 0.364. The number of nitrogens with zero attached hydrogens (tertiary/aromatic N) is 1. The van der Waals surface area contributed by atoms with E-state index in [1.807, 2.05) is 0 Å². The number of nitrogens with two attached hydrogens (primary N) is 1. The van der Waals surface area contributed by atoms with E-state index in [1.54, 1.807) is 30.3 Å². The number of alkyl halides is 2. The van der Waals surface area contributed by atoms with Gasteiger partial charge in [-0.1, -0.05) is 30.3 Å². The summed E-state index contributed by atoms with van der Waals surface area (Å²) >= 11 is 0. The zero-order chi connectivity index (χ0) is 12.1. The van der Waals surface area contributed by atoms with E-state index in [9.17, 15) is 13.6 Å². The Bertz CT molecular complexity index is 343. The molecule has 88 valence electrons. The predicted molar refractivity (Wildman–Crippen MR) is 57.0 cm³/mol. The van der Waals surface area contributed by atoms with Crippen molar-refractivity contribution >= 4 is 5.91 Å². The van der Waals surface area contributed by atoms with Crippen LogP contribution in [0.2, 0.25) is 0 Å². The van der Waals surface area contributed by atoms with Crippen LogP contribution in [0.15, 0.2) is 30.3 Å². The Morgan fingerprint density at radius 3 is 2.44 bits per heavy atom. The van der Waals surface area contributed by atoms with Gasteiger partial charge in [-0.15, -0.1) is 0 Å². The van der Waals surface area contributed by atoms with Gasteiger partial charge >= 0.3 is 0 Å². The summed E-state index contributed by atoms with van der Waals surface area (Å²) in [4.78, 5) is 12.6. The molecule has 0 saturated heterocycles. The molecule has 16 heavy (non-hydrogen) atoms. The van der Waals surface area contributed by atoms with E-state index in [2.05, 4.69) is 0 Å². The molecule has 0 radical (unpaired) electrons. The lowest BCUT2D eigenvalue weighted by molar-refractivity contribution is -0.133. The molecule has 0 fully saturated rings. The molecule has 0 heterocycles. The number of hydrogen-bond donors (Lipinski definition) is 1. The van der Waals surface area contributed by atoms with Crippen molar-refractivity contribution < 1.29 is 13.6 Å². The fourth-order valence-corrected chi connectivity index (χ4v) is 1.34. The lowest BCUT2D eigenvalue weighted by Gasteiger charge is -2.20. The predicted octanol–water partition coefficient (Wildman–Crippen LogP) is 1.41. The van der Waals surface area contributed by atoms with Crippen LogP contribution in [-0.4, -0.2) is 30.8 Å². The minimum absolute atomic E-state index is 0.508. The first kappa shape index (κ1) is 12.6. The third-order valence-corrected chi connectivity index (χ3v) is 2.21. The number of carbonyl (C=O) groups is 1. The standard InChI is InChI=1S/C11H14F2N2O/c1-15(7-9(12)13)11(16)10(14)8-5-3-2-4-6-8/h2-6,9-10H,7,14H2,1H3/t10-/m0/s1. The molecule has 1 aromatic rings. The van der Waals surface area contributed by atoms with E-state index in [-0.39, 0.29) is 0 Å². The van der Waals surface area contributed by atoms with E-state index in [1.165, 1.54) is 7.05 Å². The van der Waals surface area contributed by atoms with Crippen LogP contribution in [0.25, 0.3) is 0 Å². The zero-order valence-electron chi connectivity index (χ0n) is 8.94. The van der Waals surface area contributed by atoms with Crippen LogP contribution in [0, 0.1) is 0 Å². The van der Waals surface area contributed by atoms with Gasteiger partial charge in [0.1, 0.15) is 6.04 Å². The van der Waals surface area contributed by atoms with Crippen LogP contribution in [-0.2, 0) is 4.79 Å². The first-order chi connectivity index (χ1) is 7.52. The number of likely N-dealkylation sites (N-methyl/N-ethyl adjacent to an activating group) is 1. The van der Waals surface area contributed by atoms with E-state index < -0.39 is 24.9 Å². The highest BCUT2D eigenvalue weighted by Crippen LogP contribution is 2.12. The molecule has 0 unspecified atom stereocenters. The smallest absolute Gasteiger partial charge is 0.255 e. The summed E-state index contributed by atoms with van der Waals surface area (Å²) in [5.74, 6) is -0.508. The van der Waals surface area contributed by atoms with Gasteiger partial charge in [0.2, 0.25) is 5.91 Å². The Morgan fingerprint density at radius 1 is 1.38 bits per heavy atom. The minimum Gasteiger partial charge on any atom is -0.338 e. The number of halogens is 2. The van der Waals surface area contributed by atoms with Crippen LogP contribution >= 0.6 is 0 Å². The van der Waals surface area contributed by atoms with Gasteiger partial charge < -0.3 is 10.6 Å². The van der Waals surface area contributed by atoms with Crippen LogP contribution < -0.4 is 5.73 Å². The molecule has 1 aromatic carbocycles. The number of rotatable bonds is 4. The van der Waals surface area contributed by atoms with Crippen LogP contribution in [0.1, 0.15) is 11.6 Å². The van der Waals surface area contributed by atoms with Crippen LogP contribution in [0.4, 0.5) is 8.78 Å². The summed E-state index contributed by atoms with van der Waals surface area (Å²) in [6, 6.07) is 7.79. The maximum atomic E-state index is 12.1. The molecule has 0 saturated carbocycles. The normalized spacial score (nSPS) is 12.6. The first-order valence-corrected chi connectivity index (χ1v) is 4.86. The van der Waals surface area contributed by atoms with Crippen molar-refractivity contribution in [3.8, 4) is 0 Å². The topological polar surface area (TPSA) is 46.3 Å². The van der Waals surface area contributed by atoms with Crippen LogP contribution in [0.3, 0.4) is 0 Å². The van der Waals surface area contributed by atoms with Gasteiger partial charge in [0.25, 0.3) is 6.43 Å². The van der Waals surface area contributed by atoms with Crippen LogP contribution in [0.5, 0.6) is 0 Å². The lowest BCUT2D eigenvalue weighted by atomic mass is 10.1. The molecule has 3 nitrogen and oxygen atoms in total. The average Bonchev–Trinajstić information content (AvgIpc) is 2.27. The summed E-state index contributed by atoms with van der Waals surface area (Å²) < 4.78 is 24.2. The van der Waals surface area contributed by atoms with Crippen molar-refractivity contribution in [3.05, 3.63) is 35.9 Å². The largest absolute Gasteiger partial charge is 0.338 e. The second kappa shape index (κ2) is 5.55. The Kier molecular flexibility index (Phi) is 4.37. The Morgan fingerprint density at radius 2 is 1.94 bits per heavy atom. The van der Waals surface area contributed by atoms with E-state index >= 15 is 0 Å².